The van der Waals surface area contributed by atoms with Crippen LogP contribution in [-0.2, 0) is 11.0 Å². The Hall–Kier alpha value is -2.72. The zero-order chi connectivity index (χ0) is 17.2. The van der Waals surface area contributed by atoms with Gasteiger partial charge in [0.1, 0.15) is 17.4 Å². The van der Waals surface area contributed by atoms with E-state index in [1.54, 1.807) is 0 Å². The summed E-state index contributed by atoms with van der Waals surface area (Å²) < 4.78 is 43.8. The highest BCUT2D eigenvalue weighted by atomic mass is 35.5. The molecule has 0 unspecified atom stereocenters. The third kappa shape index (κ3) is 3.38. The first kappa shape index (κ1) is 16.6. The molecule has 1 aromatic heterocycles. The Labute approximate surface area is 133 Å². The van der Waals surface area contributed by atoms with Crippen molar-refractivity contribution in [1.82, 2.24) is 0 Å². The van der Waals surface area contributed by atoms with Gasteiger partial charge < -0.3 is 9.52 Å². The molecule has 2 aromatic rings. The average Bonchev–Trinajstić information content (AvgIpc) is 2.91. The highest BCUT2D eigenvalue weighted by Crippen LogP contribution is 2.41. The first-order valence-electron chi connectivity index (χ1n) is 6.04. The highest BCUT2D eigenvalue weighted by Gasteiger charge is 2.34. The minimum atomic E-state index is -4.63. The van der Waals surface area contributed by atoms with E-state index in [1.807, 2.05) is 0 Å². The fourth-order valence-electron chi connectivity index (χ4n) is 1.89. The molecule has 1 aromatic carbocycles. The van der Waals surface area contributed by atoms with E-state index in [9.17, 15) is 18.0 Å². The molecule has 0 aliphatic heterocycles. The smallest absolute Gasteiger partial charge is 0.417 e. The number of benzene rings is 1. The molecule has 0 aliphatic rings. The van der Waals surface area contributed by atoms with E-state index >= 15 is 0 Å². The second-order valence-electron chi connectivity index (χ2n) is 4.34. The maximum atomic E-state index is 12.9. The summed E-state index contributed by atoms with van der Waals surface area (Å²) in [7, 11) is 0. The standard InChI is InChI=1S/C15H7ClF3NO3/c16-13-10(2-1-3-11(13)15(17,18)19)9-4-5-23-12(9)6-8(7-20)14(21)22/h1-6H,(H,21,22). The van der Waals surface area contributed by atoms with Crippen molar-refractivity contribution in [3.05, 3.63) is 52.4 Å². The van der Waals surface area contributed by atoms with Crippen LogP contribution in [0.25, 0.3) is 17.2 Å². The molecule has 0 aliphatic carbocycles. The number of nitriles is 1. The molecule has 23 heavy (non-hydrogen) atoms. The topological polar surface area (TPSA) is 74.2 Å². The van der Waals surface area contributed by atoms with Gasteiger partial charge in [-0.25, -0.2) is 4.79 Å². The number of aliphatic carboxylic acids is 1. The lowest BCUT2D eigenvalue weighted by Gasteiger charge is -2.12. The molecule has 2 rings (SSSR count). The van der Waals surface area contributed by atoms with E-state index in [2.05, 4.69) is 0 Å². The zero-order valence-corrected chi connectivity index (χ0v) is 11.9. The predicted octanol–water partition coefficient (Wildman–Crippen LogP) is 4.61. The molecule has 0 spiro atoms. The maximum absolute atomic E-state index is 12.9. The molecule has 4 nitrogen and oxygen atoms in total. The largest absolute Gasteiger partial charge is 0.477 e. The molecule has 0 saturated heterocycles. The van der Waals surface area contributed by atoms with Gasteiger partial charge in [-0.1, -0.05) is 23.7 Å². The van der Waals surface area contributed by atoms with E-state index in [1.165, 1.54) is 24.3 Å². The third-order valence-electron chi connectivity index (χ3n) is 2.92. The Kier molecular flexibility index (Phi) is 4.48. The van der Waals surface area contributed by atoms with Gasteiger partial charge in [-0.2, -0.15) is 18.4 Å². The summed E-state index contributed by atoms with van der Waals surface area (Å²) in [4.78, 5) is 10.8. The van der Waals surface area contributed by atoms with Crippen LogP contribution < -0.4 is 0 Å². The van der Waals surface area contributed by atoms with Crippen LogP contribution >= 0.6 is 11.6 Å². The van der Waals surface area contributed by atoms with Gasteiger partial charge in [0.15, 0.2) is 0 Å². The fourth-order valence-corrected chi connectivity index (χ4v) is 2.22. The second-order valence-corrected chi connectivity index (χ2v) is 4.72. The van der Waals surface area contributed by atoms with Crippen molar-refractivity contribution < 1.29 is 27.5 Å². The Morgan fingerprint density at radius 1 is 1.30 bits per heavy atom. The van der Waals surface area contributed by atoms with Gasteiger partial charge in [0, 0.05) is 17.2 Å². The molecule has 0 amide bonds. The summed E-state index contributed by atoms with van der Waals surface area (Å²) in [5.41, 5.74) is -1.48. The molecule has 1 heterocycles. The van der Waals surface area contributed by atoms with Crippen molar-refractivity contribution in [3.8, 4) is 17.2 Å². The van der Waals surface area contributed by atoms with Crippen LogP contribution in [0.1, 0.15) is 11.3 Å². The summed E-state index contributed by atoms with van der Waals surface area (Å²) in [6.45, 7) is 0. The quantitative estimate of drug-likeness (QED) is 0.653. The van der Waals surface area contributed by atoms with Crippen molar-refractivity contribution >= 4 is 23.6 Å². The predicted molar refractivity (Wildman–Crippen MR) is 75.4 cm³/mol. The van der Waals surface area contributed by atoms with Crippen molar-refractivity contribution in [2.24, 2.45) is 0 Å². The average molecular weight is 342 g/mol. The number of furan rings is 1. The van der Waals surface area contributed by atoms with Gasteiger partial charge in [0.05, 0.1) is 16.8 Å². The summed E-state index contributed by atoms with van der Waals surface area (Å²) >= 11 is 5.83. The lowest BCUT2D eigenvalue weighted by molar-refractivity contribution is -0.137. The molecular formula is C15H7ClF3NO3. The highest BCUT2D eigenvalue weighted by molar-refractivity contribution is 6.34. The molecule has 0 radical (unpaired) electrons. The van der Waals surface area contributed by atoms with E-state index < -0.39 is 28.3 Å². The Bertz CT molecular complexity index is 831. The number of hydrogen-bond acceptors (Lipinski definition) is 3. The maximum Gasteiger partial charge on any atom is 0.417 e. The van der Waals surface area contributed by atoms with E-state index in [-0.39, 0.29) is 16.9 Å². The van der Waals surface area contributed by atoms with Crippen LogP contribution in [-0.4, -0.2) is 11.1 Å². The van der Waals surface area contributed by atoms with Crippen LogP contribution in [0.15, 0.2) is 40.5 Å². The van der Waals surface area contributed by atoms with Crippen LogP contribution in [0.5, 0.6) is 0 Å². The minimum Gasteiger partial charge on any atom is -0.477 e. The monoisotopic (exact) mass is 341 g/mol. The minimum absolute atomic E-state index is 0.0178. The van der Waals surface area contributed by atoms with Crippen LogP contribution in [0.4, 0.5) is 13.2 Å². The molecule has 0 saturated carbocycles. The SMILES string of the molecule is N#CC(=Cc1occc1-c1cccc(C(F)(F)F)c1Cl)C(=O)O. The molecule has 0 atom stereocenters. The molecule has 0 fully saturated rings. The van der Waals surface area contributed by atoms with E-state index in [4.69, 9.17) is 26.4 Å². The number of carboxylic acids is 1. The number of carbonyl (C=O) groups is 1. The number of rotatable bonds is 3. The summed E-state index contributed by atoms with van der Waals surface area (Å²) in [5, 5.41) is 17.0. The molecule has 1 N–H and O–H groups in total. The number of nitrogens with zero attached hydrogens (tertiary/aromatic N) is 1. The lowest BCUT2D eigenvalue weighted by Crippen LogP contribution is -2.06. The van der Waals surface area contributed by atoms with Gasteiger partial charge in [-0.05, 0) is 12.1 Å². The number of alkyl halides is 3. The fraction of sp³-hybridized carbons (Fsp3) is 0.0667. The van der Waals surface area contributed by atoms with Crippen LogP contribution in [0.2, 0.25) is 5.02 Å². The molecular weight excluding hydrogens is 335 g/mol. The summed E-state index contributed by atoms with van der Waals surface area (Å²) in [6.07, 6.45) is -2.55. The third-order valence-corrected chi connectivity index (χ3v) is 3.32. The molecule has 118 valence electrons. The van der Waals surface area contributed by atoms with Gasteiger partial charge >= 0.3 is 12.1 Å². The Morgan fingerprint density at radius 3 is 2.57 bits per heavy atom. The summed E-state index contributed by atoms with van der Waals surface area (Å²) in [6, 6.07) is 6.14. The van der Waals surface area contributed by atoms with Gasteiger partial charge in [0.25, 0.3) is 0 Å². The number of halogens is 4. The van der Waals surface area contributed by atoms with E-state index in [0.29, 0.717) is 0 Å². The lowest BCUT2D eigenvalue weighted by atomic mass is 10.0. The Balaban J connectivity index is 2.61. The van der Waals surface area contributed by atoms with Gasteiger partial charge in [0.2, 0.25) is 0 Å². The van der Waals surface area contributed by atoms with Crippen molar-refractivity contribution in [2.45, 2.75) is 6.18 Å². The zero-order valence-electron chi connectivity index (χ0n) is 11.2. The van der Waals surface area contributed by atoms with Crippen LogP contribution in [0.3, 0.4) is 0 Å². The van der Waals surface area contributed by atoms with Gasteiger partial charge in [-0.3, -0.25) is 0 Å². The summed E-state index contributed by atoms with van der Waals surface area (Å²) in [5.74, 6) is -1.56. The van der Waals surface area contributed by atoms with Crippen molar-refractivity contribution in [1.29, 1.82) is 5.26 Å². The van der Waals surface area contributed by atoms with Crippen molar-refractivity contribution in [2.75, 3.05) is 0 Å². The number of hydrogen-bond donors (Lipinski definition) is 1. The van der Waals surface area contributed by atoms with Gasteiger partial charge in [-0.15, -0.1) is 0 Å². The molecule has 8 heteroatoms. The first-order chi connectivity index (χ1) is 10.8. The second kappa shape index (κ2) is 6.18. The first-order valence-corrected chi connectivity index (χ1v) is 6.42. The Morgan fingerprint density at radius 2 is 2.00 bits per heavy atom. The number of carboxylic acid groups (broad SMARTS) is 1. The molecule has 0 bridgehead atoms. The van der Waals surface area contributed by atoms with Crippen LogP contribution in [0, 0.1) is 11.3 Å². The van der Waals surface area contributed by atoms with E-state index in [0.717, 1.165) is 18.4 Å². The normalized spacial score (nSPS) is 12.0. The van der Waals surface area contributed by atoms with Crippen molar-refractivity contribution in [3.63, 3.8) is 0 Å².